The molecular formula is C70H136O12S4. The summed E-state index contributed by atoms with van der Waals surface area (Å²) in [6.07, 6.45) is 52.9. The van der Waals surface area contributed by atoms with Crippen molar-refractivity contribution in [3.8, 4) is 0 Å². The zero-order chi connectivity index (χ0) is 63.3. The summed E-state index contributed by atoms with van der Waals surface area (Å²) in [6.45, 7) is 7.55. The van der Waals surface area contributed by atoms with Gasteiger partial charge in [-0.1, -0.05) is 259 Å². The molecule has 0 rings (SSSR count). The molecule has 0 radical (unpaired) electrons. The second kappa shape index (κ2) is 71.6. The Morgan fingerprint density at radius 1 is 0.337 bits per heavy atom. The first-order valence-corrected chi connectivity index (χ1v) is 40.2. The molecule has 0 heterocycles. The maximum absolute atomic E-state index is 12.2. The first-order valence-electron chi connectivity index (χ1n) is 35.6. The summed E-state index contributed by atoms with van der Waals surface area (Å²) in [5, 5.41) is 40.0. The molecule has 0 bridgehead atoms. The lowest BCUT2D eigenvalue weighted by atomic mass is 10.0. The molecule has 0 amide bonds. The SMILES string of the molecule is CCCCCCCCCCCCSCCC(=O)OCC(O)(CCO)COC(=O)CCSCCCCCCCCCCCC.CCCCCCCCCCCCSCCC(=O)OCC(O)C(CO)COC(=O)CCSCCCCCCCCCCCC. The van der Waals surface area contributed by atoms with Crippen molar-refractivity contribution in [1.29, 1.82) is 0 Å². The number of ether oxygens (including phenoxy) is 4. The summed E-state index contributed by atoms with van der Waals surface area (Å²) < 4.78 is 21.0. The molecule has 0 aromatic rings. The van der Waals surface area contributed by atoms with Crippen LogP contribution in [0.5, 0.6) is 0 Å². The number of carbonyl (C=O) groups is 4. The van der Waals surface area contributed by atoms with Gasteiger partial charge in [-0.25, -0.2) is 0 Å². The molecule has 0 saturated heterocycles. The summed E-state index contributed by atoms with van der Waals surface area (Å²) in [5.41, 5.74) is -1.56. The lowest BCUT2D eigenvalue weighted by molar-refractivity contribution is -0.164. The maximum Gasteiger partial charge on any atom is 0.306 e. The molecule has 2 unspecified atom stereocenters. The summed E-state index contributed by atoms with van der Waals surface area (Å²) in [5.74, 6) is 4.96. The van der Waals surface area contributed by atoms with Crippen molar-refractivity contribution < 1.29 is 58.6 Å². The third kappa shape index (κ3) is 67.5. The maximum atomic E-state index is 12.2. The van der Waals surface area contributed by atoms with E-state index in [4.69, 9.17) is 18.9 Å². The Balaban J connectivity index is 0. The number of rotatable bonds is 68. The molecule has 0 aromatic heterocycles. The Hall–Kier alpha value is -0.880. The molecule has 0 aromatic carbocycles. The average molecular weight is 1300 g/mol. The van der Waals surface area contributed by atoms with E-state index in [9.17, 15) is 39.6 Å². The molecule has 12 nitrogen and oxygen atoms in total. The highest BCUT2D eigenvalue weighted by Crippen LogP contribution is 2.20. The van der Waals surface area contributed by atoms with Crippen LogP contribution in [0.1, 0.15) is 317 Å². The number of carbonyl (C=O) groups excluding carboxylic acids is 4. The molecule has 0 fully saturated rings. The van der Waals surface area contributed by atoms with Crippen LogP contribution in [-0.2, 0) is 38.1 Å². The molecule has 4 N–H and O–H groups in total. The lowest BCUT2D eigenvalue weighted by Crippen LogP contribution is -2.42. The quantitative estimate of drug-likeness (QED) is 0.0256. The number of hydrogen-bond acceptors (Lipinski definition) is 16. The summed E-state index contributed by atoms with van der Waals surface area (Å²) in [7, 11) is 0. The number of aliphatic hydroxyl groups is 4. The monoisotopic (exact) mass is 1300 g/mol. The van der Waals surface area contributed by atoms with Crippen molar-refractivity contribution in [2.45, 2.75) is 328 Å². The first kappa shape index (κ1) is 87.2. The van der Waals surface area contributed by atoms with Gasteiger partial charge in [0.25, 0.3) is 0 Å². The first-order chi connectivity index (χ1) is 42.0. The number of thioether (sulfide) groups is 4. The van der Waals surface area contributed by atoms with Gasteiger partial charge in [0.2, 0.25) is 0 Å². The third-order valence-corrected chi connectivity index (χ3v) is 19.9. The van der Waals surface area contributed by atoms with Crippen molar-refractivity contribution in [3.63, 3.8) is 0 Å². The van der Waals surface area contributed by atoms with Crippen molar-refractivity contribution in [1.82, 2.24) is 0 Å². The molecule has 0 aliphatic rings. The molecule has 0 saturated carbocycles. The molecule has 0 spiro atoms. The van der Waals surface area contributed by atoms with E-state index in [-0.39, 0.29) is 82.8 Å². The summed E-state index contributed by atoms with van der Waals surface area (Å²) in [4.78, 5) is 48.4. The van der Waals surface area contributed by atoms with Crippen LogP contribution in [-0.4, -0.2) is 142 Å². The van der Waals surface area contributed by atoms with E-state index in [0.29, 0.717) is 30.1 Å². The molecule has 86 heavy (non-hydrogen) atoms. The molecule has 16 heteroatoms. The second-order valence-electron chi connectivity index (χ2n) is 24.1. The van der Waals surface area contributed by atoms with Crippen LogP contribution in [0, 0.1) is 5.92 Å². The summed E-state index contributed by atoms with van der Waals surface area (Å²) >= 11 is 7.07. The summed E-state index contributed by atoms with van der Waals surface area (Å²) in [6, 6.07) is 0. The second-order valence-corrected chi connectivity index (χ2v) is 29.0. The number of esters is 4. The van der Waals surface area contributed by atoms with Gasteiger partial charge in [-0.05, 0) is 48.7 Å². The van der Waals surface area contributed by atoms with Crippen LogP contribution in [0.3, 0.4) is 0 Å². The predicted molar refractivity (Wildman–Crippen MR) is 372 cm³/mol. The highest BCUT2D eigenvalue weighted by Gasteiger charge is 2.31. The van der Waals surface area contributed by atoms with Crippen LogP contribution < -0.4 is 0 Å². The minimum Gasteiger partial charge on any atom is -0.465 e. The Morgan fingerprint density at radius 2 is 0.570 bits per heavy atom. The van der Waals surface area contributed by atoms with Crippen LogP contribution in [0.25, 0.3) is 0 Å². The number of unbranched alkanes of at least 4 members (excludes halogenated alkanes) is 36. The molecule has 0 aliphatic heterocycles. The van der Waals surface area contributed by atoms with Gasteiger partial charge in [-0.2, -0.15) is 47.0 Å². The zero-order valence-corrected chi connectivity index (χ0v) is 59.3. The van der Waals surface area contributed by atoms with Crippen molar-refractivity contribution >= 4 is 70.9 Å². The molecule has 512 valence electrons. The number of hydrogen-bond donors (Lipinski definition) is 4. The topological polar surface area (TPSA) is 186 Å². The largest absolute Gasteiger partial charge is 0.465 e. The van der Waals surface area contributed by atoms with Crippen LogP contribution in [0.15, 0.2) is 0 Å². The van der Waals surface area contributed by atoms with Gasteiger partial charge in [0, 0.05) is 42.0 Å². The van der Waals surface area contributed by atoms with E-state index in [1.807, 2.05) is 0 Å². The van der Waals surface area contributed by atoms with E-state index in [0.717, 1.165) is 28.8 Å². The molecular weight excluding hydrogens is 1160 g/mol. The molecule has 0 aliphatic carbocycles. The lowest BCUT2D eigenvalue weighted by Gasteiger charge is -2.26. The van der Waals surface area contributed by atoms with Crippen molar-refractivity contribution in [2.24, 2.45) is 5.92 Å². The van der Waals surface area contributed by atoms with E-state index < -0.39 is 17.6 Å². The Bertz CT molecular complexity index is 1390. The highest BCUT2D eigenvalue weighted by atomic mass is 32.2. The normalized spacial score (nSPS) is 12.2. The zero-order valence-electron chi connectivity index (χ0n) is 56.1. The van der Waals surface area contributed by atoms with Gasteiger partial charge in [0.05, 0.1) is 45.0 Å². The van der Waals surface area contributed by atoms with Gasteiger partial charge in [0.1, 0.15) is 25.4 Å². The minimum absolute atomic E-state index is 0.0193. The van der Waals surface area contributed by atoms with E-state index in [2.05, 4.69) is 27.7 Å². The van der Waals surface area contributed by atoms with E-state index in [1.54, 1.807) is 47.0 Å². The van der Waals surface area contributed by atoms with Crippen molar-refractivity contribution in [3.05, 3.63) is 0 Å². The highest BCUT2D eigenvalue weighted by molar-refractivity contribution is 7.99. The third-order valence-electron chi connectivity index (χ3n) is 15.6. The fourth-order valence-electron chi connectivity index (χ4n) is 9.71. The average Bonchev–Trinajstić information content (AvgIpc) is 3.67. The Morgan fingerprint density at radius 3 is 0.814 bits per heavy atom. The van der Waals surface area contributed by atoms with Crippen LogP contribution in [0.4, 0.5) is 0 Å². The predicted octanol–water partition coefficient (Wildman–Crippen LogP) is 18.4. The van der Waals surface area contributed by atoms with Gasteiger partial charge < -0.3 is 39.4 Å². The standard InChI is InChI=1S/2C35H68O6S2/c1-3-5-7-9-11-13-15-17-19-21-27-42-29-23-33(37)40-31-35(39,25-26-36)32-41-34(38)24-30-43-28-22-20-18-16-14-12-10-8-6-4-2;1-3-5-7-9-11-13-15-17-19-21-25-42-27-23-34(38)40-30-32(29-36)33(37)31-41-35(39)24-28-43-26-22-20-18-16-14-12-10-8-6-4-2/h36,39H,3-32H2,1-2H3;32-33,36-37H,3-31H2,1-2H3. The fourth-order valence-corrected chi connectivity index (χ4v) is 13.4. The van der Waals surface area contributed by atoms with Gasteiger partial charge in [-0.3, -0.25) is 19.2 Å². The molecule has 2 atom stereocenters. The van der Waals surface area contributed by atoms with Gasteiger partial charge in [0.15, 0.2) is 0 Å². The van der Waals surface area contributed by atoms with E-state index >= 15 is 0 Å². The van der Waals surface area contributed by atoms with Gasteiger partial charge in [-0.15, -0.1) is 0 Å². The fraction of sp³-hybridized carbons (Fsp3) is 0.943. The Labute approximate surface area is 546 Å². The Kier molecular flexibility index (Phi) is 72.5. The van der Waals surface area contributed by atoms with Gasteiger partial charge >= 0.3 is 23.9 Å². The van der Waals surface area contributed by atoms with Crippen molar-refractivity contribution in [2.75, 3.05) is 85.7 Å². The minimum atomic E-state index is -1.56. The van der Waals surface area contributed by atoms with Crippen LogP contribution in [0.2, 0.25) is 0 Å². The smallest absolute Gasteiger partial charge is 0.306 e. The number of aliphatic hydroxyl groups excluding tert-OH is 3. The van der Waals surface area contributed by atoms with Crippen LogP contribution >= 0.6 is 47.0 Å². The van der Waals surface area contributed by atoms with E-state index in [1.165, 1.54) is 257 Å².